The summed E-state index contributed by atoms with van der Waals surface area (Å²) < 4.78 is 5.15. The SMILES string of the molecule is COc1ccc(-c2csc(CNC(=O)c3ccc(Cl)cc3)n2)cc1. The smallest absolute Gasteiger partial charge is 0.251 e. The number of aromatic nitrogens is 1. The van der Waals surface area contributed by atoms with Crippen LogP contribution in [0.4, 0.5) is 0 Å². The van der Waals surface area contributed by atoms with E-state index in [1.54, 1.807) is 31.4 Å². The van der Waals surface area contributed by atoms with Crippen molar-refractivity contribution in [2.75, 3.05) is 7.11 Å². The van der Waals surface area contributed by atoms with E-state index in [1.165, 1.54) is 11.3 Å². The monoisotopic (exact) mass is 358 g/mol. The summed E-state index contributed by atoms with van der Waals surface area (Å²) >= 11 is 7.34. The van der Waals surface area contributed by atoms with Gasteiger partial charge in [-0.1, -0.05) is 11.6 Å². The Balaban J connectivity index is 1.63. The molecule has 0 atom stereocenters. The van der Waals surface area contributed by atoms with Crippen LogP contribution < -0.4 is 10.1 Å². The maximum Gasteiger partial charge on any atom is 0.251 e. The minimum absolute atomic E-state index is 0.145. The van der Waals surface area contributed by atoms with Crippen LogP contribution >= 0.6 is 22.9 Å². The average Bonchev–Trinajstić information content (AvgIpc) is 3.09. The number of carbonyl (C=O) groups is 1. The topological polar surface area (TPSA) is 51.2 Å². The van der Waals surface area contributed by atoms with Gasteiger partial charge in [-0.15, -0.1) is 11.3 Å². The van der Waals surface area contributed by atoms with Crippen LogP contribution in [-0.4, -0.2) is 18.0 Å². The molecule has 3 aromatic rings. The Morgan fingerprint density at radius 3 is 2.54 bits per heavy atom. The molecule has 3 rings (SSSR count). The minimum Gasteiger partial charge on any atom is -0.497 e. The van der Waals surface area contributed by atoms with Crippen LogP contribution in [0.1, 0.15) is 15.4 Å². The predicted octanol–water partition coefficient (Wildman–Crippen LogP) is 4.40. The molecule has 0 fully saturated rings. The third kappa shape index (κ3) is 3.93. The van der Waals surface area contributed by atoms with Crippen molar-refractivity contribution in [3.8, 4) is 17.0 Å². The molecule has 0 aliphatic heterocycles. The molecule has 1 aromatic heterocycles. The van der Waals surface area contributed by atoms with Gasteiger partial charge in [0.1, 0.15) is 10.8 Å². The maximum atomic E-state index is 12.1. The van der Waals surface area contributed by atoms with Crippen LogP contribution in [-0.2, 0) is 6.54 Å². The number of benzene rings is 2. The Morgan fingerprint density at radius 1 is 1.17 bits per heavy atom. The van der Waals surface area contributed by atoms with E-state index in [-0.39, 0.29) is 5.91 Å². The highest BCUT2D eigenvalue weighted by Crippen LogP contribution is 2.24. The van der Waals surface area contributed by atoms with E-state index in [1.807, 2.05) is 29.6 Å². The lowest BCUT2D eigenvalue weighted by Crippen LogP contribution is -2.22. The molecule has 1 heterocycles. The van der Waals surface area contributed by atoms with Gasteiger partial charge in [0, 0.05) is 21.5 Å². The summed E-state index contributed by atoms with van der Waals surface area (Å²) in [6.07, 6.45) is 0. The molecule has 1 amide bonds. The third-order valence-corrected chi connectivity index (χ3v) is 4.54. The lowest BCUT2D eigenvalue weighted by atomic mass is 10.2. The van der Waals surface area contributed by atoms with Gasteiger partial charge < -0.3 is 10.1 Å². The highest BCUT2D eigenvalue weighted by Gasteiger charge is 2.08. The normalized spacial score (nSPS) is 10.4. The molecular weight excluding hydrogens is 344 g/mol. The number of nitrogens with one attached hydrogen (secondary N) is 1. The van der Waals surface area contributed by atoms with Crippen LogP contribution in [0.15, 0.2) is 53.9 Å². The van der Waals surface area contributed by atoms with Crippen molar-refractivity contribution in [2.24, 2.45) is 0 Å². The summed E-state index contributed by atoms with van der Waals surface area (Å²) in [5.41, 5.74) is 2.48. The second kappa shape index (κ2) is 7.47. The molecule has 0 saturated carbocycles. The number of hydrogen-bond donors (Lipinski definition) is 1. The van der Waals surface area contributed by atoms with Gasteiger partial charge in [0.25, 0.3) is 5.91 Å². The number of nitrogens with zero attached hydrogens (tertiary/aromatic N) is 1. The molecule has 0 aliphatic carbocycles. The molecule has 1 N–H and O–H groups in total. The summed E-state index contributed by atoms with van der Waals surface area (Å²) in [4.78, 5) is 16.6. The zero-order valence-corrected chi connectivity index (χ0v) is 14.5. The molecule has 0 bridgehead atoms. The Kier molecular flexibility index (Phi) is 5.13. The Labute approximate surface area is 149 Å². The average molecular weight is 359 g/mol. The maximum absolute atomic E-state index is 12.1. The van der Waals surface area contributed by atoms with E-state index in [4.69, 9.17) is 16.3 Å². The highest BCUT2D eigenvalue weighted by atomic mass is 35.5. The fourth-order valence-corrected chi connectivity index (χ4v) is 3.01. The van der Waals surface area contributed by atoms with Gasteiger partial charge in [-0.05, 0) is 48.5 Å². The predicted molar refractivity (Wildman–Crippen MR) is 96.7 cm³/mol. The summed E-state index contributed by atoms with van der Waals surface area (Å²) in [6.45, 7) is 0.391. The first-order chi connectivity index (χ1) is 11.7. The van der Waals surface area contributed by atoms with Crippen molar-refractivity contribution in [1.29, 1.82) is 0 Å². The summed E-state index contributed by atoms with van der Waals surface area (Å²) in [7, 11) is 1.64. The fourth-order valence-electron chi connectivity index (χ4n) is 2.15. The fraction of sp³-hybridized carbons (Fsp3) is 0.111. The van der Waals surface area contributed by atoms with Crippen LogP contribution in [0.3, 0.4) is 0 Å². The molecule has 6 heteroatoms. The van der Waals surface area contributed by atoms with Gasteiger partial charge in [0.2, 0.25) is 0 Å². The molecule has 0 aliphatic rings. The number of ether oxygens (including phenoxy) is 1. The molecule has 0 spiro atoms. The lowest BCUT2D eigenvalue weighted by Gasteiger charge is -2.03. The second-order valence-corrected chi connectivity index (χ2v) is 6.42. The number of hydrogen-bond acceptors (Lipinski definition) is 4. The first-order valence-corrected chi connectivity index (χ1v) is 8.54. The van der Waals surface area contributed by atoms with Crippen LogP contribution in [0.25, 0.3) is 11.3 Å². The van der Waals surface area contributed by atoms with Crippen LogP contribution in [0, 0.1) is 0 Å². The summed E-state index contributed by atoms with van der Waals surface area (Å²) in [5, 5.41) is 6.30. The third-order valence-electron chi connectivity index (χ3n) is 3.44. The first-order valence-electron chi connectivity index (χ1n) is 7.28. The number of carbonyl (C=O) groups excluding carboxylic acids is 1. The molecular formula is C18H15ClN2O2S. The number of rotatable bonds is 5. The van der Waals surface area contributed by atoms with Gasteiger partial charge in [-0.2, -0.15) is 0 Å². The molecule has 0 unspecified atom stereocenters. The number of methoxy groups -OCH3 is 1. The van der Waals surface area contributed by atoms with Crippen molar-refractivity contribution in [2.45, 2.75) is 6.54 Å². The van der Waals surface area contributed by atoms with Crippen LogP contribution in [0.5, 0.6) is 5.75 Å². The quantitative estimate of drug-likeness (QED) is 0.735. The highest BCUT2D eigenvalue weighted by molar-refractivity contribution is 7.09. The lowest BCUT2D eigenvalue weighted by molar-refractivity contribution is 0.0951. The van der Waals surface area contributed by atoms with Crippen molar-refractivity contribution in [1.82, 2.24) is 10.3 Å². The van der Waals surface area contributed by atoms with E-state index < -0.39 is 0 Å². The van der Waals surface area contributed by atoms with E-state index in [0.717, 1.165) is 22.0 Å². The Hall–Kier alpha value is -2.37. The molecule has 2 aromatic carbocycles. The summed E-state index contributed by atoms with van der Waals surface area (Å²) in [6, 6.07) is 14.5. The molecule has 0 radical (unpaired) electrons. The van der Waals surface area contributed by atoms with E-state index in [0.29, 0.717) is 17.1 Å². The van der Waals surface area contributed by atoms with Gasteiger partial charge in [0.15, 0.2) is 0 Å². The Bertz CT molecular complexity index is 829. The number of thiazole rings is 1. The molecule has 0 saturated heterocycles. The van der Waals surface area contributed by atoms with Gasteiger partial charge in [-0.25, -0.2) is 4.98 Å². The van der Waals surface area contributed by atoms with Crippen LogP contribution in [0.2, 0.25) is 5.02 Å². The number of halogens is 1. The zero-order valence-electron chi connectivity index (χ0n) is 13.0. The van der Waals surface area contributed by atoms with E-state index in [9.17, 15) is 4.79 Å². The van der Waals surface area contributed by atoms with E-state index >= 15 is 0 Å². The summed E-state index contributed by atoms with van der Waals surface area (Å²) in [5.74, 6) is 0.664. The first kappa shape index (κ1) is 16.5. The molecule has 122 valence electrons. The second-order valence-electron chi connectivity index (χ2n) is 5.04. The molecule has 24 heavy (non-hydrogen) atoms. The van der Waals surface area contributed by atoms with Crippen molar-refractivity contribution in [3.05, 3.63) is 69.5 Å². The zero-order chi connectivity index (χ0) is 16.9. The minimum atomic E-state index is -0.145. The van der Waals surface area contributed by atoms with Gasteiger partial charge in [-0.3, -0.25) is 4.79 Å². The van der Waals surface area contributed by atoms with Crippen molar-refractivity contribution < 1.29 is 9.53 Å². The van der Waals surface area contributed by atoms with E-state index in [2.05, 4.69) is 10.3 Å². The molecule has 4 nitrogen and oxygen atoms in total. The van der Waals surface area contributed by atoms with Crippen molar-refractivity contribution >= 4 is 28.8 Å². The number of amides is 1. The van der Waals surface area contributed by atoms with Crippen molar-refractivity contribution in [3.63, 3.8) is 0 Å². The standard InChI is InChI=1S/C18H15ClN2O2S/c1-23-15-8-4-12(5-9-15)16-11-24-17(21-16)10-20-18(22)13-2-6-14(19)7-3-13/h2-9,11H,10H2,1H3,(H,20,22). The Morgan fingerprint density at radius 2 is 1.88 bits per heavy atom. The van der Waals surface area contributed by atoms with Gasteiger partial charge >= 0.3 is 0 Å². The largest absolute Gasteiger partial charge is 0.497 e. The van der Waals surface area contributed by atoms with Gasteiger partial charge in [0.05, 0.1) is 19.3 Å².